The topological polar surface area (TPSA) is 117 Å². The van der Waals surface area contributed by atoms with Gasteiger partial charge in [0.25, 0.3) is 11.2 Å². The Morgan fingerprint density at radius 3 is 2.54 bits per heavy atom. The van der Waals surface area contributed by atoms with E-state index >= 15 is 0 Å². The van der Waals surface area contributed by atoms with Gasteiger partial charge in [-0.2, -0.15) is 9.78 Å². The minimum Gasteiger partial charge on any atom is -0.422 e. The van der Waals surface area contributed by atoms with E-state index in [0.717, 1.165) is 0 Å². The predicted molar refractivity (Wildman–Crippen MR) is 135 cm³/mol. The van der Waals surface area contributed by atoms with Crippen LogP contribution in [0.25, 0.3) is 10.9 Å². The Kier molecular flexibility index (Phi) is 6.83. The van der Waals surface area contributed by atoms with Gasteiger partial charge in [-0.25, -0.2) is 9.78 Å². The fourth-order valence-corrected chi connectivity index (χ4v) is 3.72. The van der Waals surface area contributed by atoms with Crippen molar-refractivity contribution in [3.05, 3.63) is 109 Å². The third-order valence-corrected chi connectivity index (χ3v) is 5.59. The number of para-hydroxylation sites is 1. The Hall–Kier alpha value is -4.18. The number of nitro benzene ring substituents is 1. The molecule has 0 spiro atoms. The van der Waals surface area contributed by atoms with Crippen molar-refractivity contribution in [3.63, 3.8) is 0 Å². The lowest BCUT2D eigenvalue weighted by molar-refractivity contribution is -0.384. The van der Waals surface area contributed by atoms with Crippen LogP contribution < -0.4 is 10.3 Å². The minimum atomic E-state index is -0.690. The zero-order chi connectivity index (χ0) is 25.1. The number of benzene rings is 3. The van der Waals surface area contributed by atoms with Crippen molar-refractivity contribution in [1.29, 1.82) is 0 Å². The zero-order valence-corrected chi connectivity index (χ0v) is 20.3. The molecule has 3 aromatic carbocycles. The van der Waals surface area contributed by atoms with Gasteiger partial charge in [0.1, 0.15) is 11.6 Å². The van der Waals surface area contributed by atoms with Crippen molar-refractivity contribution in [2.24, 2.45) is 5.10 Å². The molecule has 0 fully saturated rings. The van der Waals surface area contributed by atoms with Crippen LogP contribution in [0, 0.1) is 10.1 Å². The molecule has 0 N–H and O–H groups in total. The Morgan fingerprint density at radius 1 is 1.14 bits per heavy atom. The zero-order valence-electron chi connectivity index (χ0n) is 18.7. The minimum absolute atomic E-state index is 0.0774. The van der Waals surface area contributed by atoms with Crippen LogP contribution in [0.1, 0.15) is 41.5 Å². The smallest absolute Gasteiger partial charge is 0.343 e. The van der Waals surface area contributed by atoms with Gasteiger partial charge in [0.05, 0.1) is 27.6 Å². The fraction of sp³-hybridized carbons (Fsp3) is 0.120. The molecule has 4 rings (SSSR count). The first-order valence-electron chi connectivity index (χ1n) is 10.6. The molecule has 0 unspecified atom stereocenters. The van der Waals surface area contributed by atoms with Crippen molar-refractivity contribution < 1.29 is 14.5 Å². The Morgan fingerprint density at radius 2 is 1.86 bits per heavy atom. The normalized spacial score (nSPS) is 11.3. The monoisotopic (exact) mass is 534 g/mol. The number of rotatable bonds is 6. The molecule has 10 heteroatoms. The number of hydrogen-bond acceptors (Lipinski definition) is 7. The summed E-state index contributed by atoms with van der Waals surface area (Å²) in [6.45, 7) is 3.83. The molecule has 0 aliphatic carbocycles. The third-order valence-electron chi connectivity index (χ3n) is 5.10. The van der Waals surface area contributed by atoms with E-state index < -0.39 is 10.9 Å². The average molecular weight is 535 g/mol. The first-order valence-corrected chi connectivity index (χ1v) is 11.4. The maximum atomic E-state index is 13.1. The Labute approximate surface area is 208 Å². The highest BCUT2D eigenvalue weighted by molar-refractivity contribution is 9.10. The number of non-ortho nitro benzene ring substituents is 1. The second kappa shape index (κ2) is 9.98. The van der Waals surface area contributed by atoms with Crippen LogP contribution in [0.5, 0.6) is 5.75 Å². The van der Waals surface area contributed by atoms with E-state index in [1.54, 1.807) is 36.4 Å². The third kappa shape index (κ3) is 5.17. The summed E-state index contributed by atoms with van der Waals surface area (Å²) in [5.41, 5.74) is 0.735. The number of halogens is 1. The fourth-order valence-electron chi connectivity index (χ4n) is 3.34. The molecule has 1 heterocycles. The summed E-state index contributed by atoms with van der Waals surface area (Å²) < 4.78 is 7.49. The molecule has 176 valence electrons. The summed E-state index contributed by atoms with van der Waals surface area (Å²) in [5, 5.41) is 15.7. The van der Waals surface area contributed by atoms with E-state index in [-0.39, 0.29) is 28.5 Å². The second-order valence-electron chi connectivity index (χ2n) is 7.88. The number of carbonyl (C=O) groups excluding carboxylic acids is 1. The number of nitrogens with zero attached hydrogens (tertiary/aromatic N) is 4. The number of fused-ring (bicyclic) bond motifs is 1. The SMILES string of the molecule is CC(C)c1nc2ccccc2c(=O)n1N=Cc1cc(Br)ccc1OC(=O)c1ccc([N+](=O)[O-])cc1. The molecule has 0 saturated heterocycles. The van der Waals surface area contributed by atoms with Gasteiger partial charge >= 0.3 is 5.97 Å². The molecule has 0 saturated carbocycles. The summed E-state index contributed by atoms with van der Waals surface area (Å²) in [6.07, 6.45) is 1.42. The van der Waals surface area contributed by atoms with Crippen molar-refractivity contribution in [1.82, 2.24) is 9.66 Å². The van der Waals surface area contributed by atoms with Gasteiger partial charge < -0.3 is 4.74 Å². The van der Waals surface area contributed by atoms with Crippen LogP contribution >= 0.6 is 15.9 Å². The van der Waals surface area contributed by atoms with E-state index in [0.29, 0.717) is 26.8 Å². The van der Waals surface area contributed by atoms with E-state index in [1.807, 2.05) is 19.9 Å². The van der Waals surface area contributed by atoms with Crippen LogP contribution in [-0.4, -0.2) is 26.8 Å². The lowest BCUT2D eigenvalue weighted by Crippen LogP contribution is -2.23. The molecule has 9 nitrogen and oxygen atoms in total. The van der Waals surface area contributed by atoms with Crippen LogP contribution in [0.2, 0.25) is 0 Å². The number of ether oxygens (including phenoxy) is 1. The van der Waals surface area contributed by atoms with Crippen LogP contribution in [0.3, 0.4) is 0 Å². The molecule has 1 aromatic heterocycles. The molecule has 0 radical (unpaired) electrons. The Balaban J connectivity index is 1.70. The van der Waals surface area contributed by atoms with Gasteiger partial charge in [-0.05, 0) is 42.5 Å². The lowest BCUT2D eigenvalue weighted by atomic mass is 10.2. The summed E-state index contributed by atoms with van der Waals surface area (Å²) in [5.74, 6) is -0.0757. The van der Waals surface area contributed by atoms with Crippen molar-refractivity contribution >= 4 is 44.7 Å². The number of aromatic nitrogens is 2. The molecule has 0 atom stereocenters. The maximum Gasteiger partial charge on any atom is 0.343 e. The molecular formula is C25H19BrN4O5. The van der Waals surface area contributed by atoms with E-state index in [9.17, 15) is 19.7 Å². The standard InChI is InChI=1S/C25H19BrN4O5/c1-15(2)23-28-21-6-4-3-5-20(21)24(31)29(23)27-14-17-13-18(26)9-12-22(17)35-25(32)16-7-10-19(11-8-16)30(33)34/h3-15H,1-2H3. The number of esters is 1. The highest BCUT2D eigenvalue weighted by Crippen LogP contribution is 2.24. The highest BCUT2D eigenvalue weighted by atomic mass is 79.9. The van der Waals surface area contributed by atoms with Crippen LogP contribution in [-0.2, 0) is 0 Å². The lowest BCUT2D eigenvalue weighted by Gasteiger charge is -2.12. The van der Waals surface area contributed by atoms with E-state index in [1.165, 1.54) is 35.2 Å². The molecule has 35 heavy (non-hydrogen) atoms. The maximum absolute atomic E-state index is 13.1. The summed E-state index contributed by atoms with van der Waals surface area (Å²) in [7, 11) is 0. The predicted octanol–water partition coefficient (Wildman–Crippen LogP) is 5.29. The van der Waals surface area contributed by atoms with Crippen LogP contribution in [0.15, 0.2) is 81.1 Å². The summed E-state index contributed by atoms with van der Waals surface area (Å²) in [4.78, 5) is 40.7. The molecule has 0 bridgehead atoms. The number of carbonyl (C=O) groups is 1. The number of nitro groups is 1. The molecule has 0 aliphatic heterocycles. The molecule has 0 amide bonds. The second-order valence-corrected chi connectivity index (χ2v) is 8.79. The van der Waals surface area contributed by atoms with Gasteiger partial charge in [0, 0.05) is 28.1 Å². The Bertz CT molecular complexity index is 1530. The first kappa shape index (κ1) is 24.0. The van der Waals surface area contributed by atoms with Gasteiger partial charge in [-0.15, -0.1) is 0 Å². The van der Waals surface area contributed by atoms with Gasteiger partial charge in [-0.3, -0.25) is 14.9 Å². The summed E-state index contributed by atoms with van der Waals surface area (Å²) >= 11 is 3.39. The van der Waals surface area contributed by atoms with Crippen molar-refractivity contribution in [2.75, 3.05) is 0 Å². The molecule has 4 aromatic rings. The average Bonchev–Trinajstić information content (AvgIpc) is 2.84. The van der Waals surface area contributed by atoms with E-state index in [2.05, 4.69) is 26.0 Å². The molecular weight excluding hydrogens is 516 g/mol. The van der Waals surface area contributed by atoms with Crippen molar-refractivity contribution in [3.8, 4) is 5.75 Å². The van der Waals surface area contributed by atoms with Gasteiger partial charge in [0.2, 0.25) is 0 Å². The highest BCUT2D eigenvalue weighted by Gasteiger charge is 2.15. The molecule has 0 aliphatic rings. The first-order chi connectivity index (χ1) is 16.7. The van der Waals surface area contributed by atoms with Crippen molar-refractivity contribution in [2.45, 2.75) is 19.8 Å². The number of hydrogen-bond donors (Lipinski definition) is 0. The largest absolute Gasteiger partial charge is 0.422 e. The van der Waals surface area contributed by atoms with Gasteiger partial charge in [-0.1, -0.05) is 41.9 Å². The summed E-state index contributed by atoms with van der Waals surface area (Å²) in [6, 6.07) is 17.1. The quantitative estimate of drug-likeness (QED) is 0.109. The van der Waals surface area contributed by atoms with Crippen LogP contribution in [0.4, 0.5) is 5.69 Å². The van der Waals surface area contributed by atoms with Gasteiger partial charge in [0.15, 0.2) is 0 Å². The van der Waals surface area contributed by atoms with E-state index in [4.69, 9.17) is 4.74 Å².